The van der Waals surface area contributed by atoms with E-state index in [0.29, 0.717) is 0 Å². The molecule has 1 aromatic heterocycles. The number of unbranched alkanes of at least 4 members (excludes halogenated alkanes) is 2. The lowest BCUT2D eigenvalue weighted by Gasteiger charge is -2.29. The largest absolute Gasteiger partial charge is 0.340 e. The van der Waals surface area contributed by atoms with Crippen LogP contribution in [0.15, 0.2) is 48.7 Å². The highest BCUT2D eigenvalue weighted by atomic mass is 15.1. The number of aryl methyl sites for hydroxylation is 1. The first-order chi connectivity index (χ1) is 13.7. The Bertz CT molecular complexity index is 952. The van der Waals surface area contributed by atoms with Crippen LogP contribution in [0, 0.1) is 11.3 Å². The Morgan fingerprint density at radius 3 is 2.96 bits per heavy atom. The number of hydrogen-bond donors (Lipinski definition) is 1. The summed E-state index contributed by atoms with van der Waals surface area (Å²) in [5.74, 6) is 0.922. The fourth-order valence-electron chi connectivity index (χ4n) is 4.02. The monoisotopic (exact) mass is 370 g/mol. The first-order valence-corrected chi connectivity index (χ1v) is 10.1. The van der Waals surface area contributed by atoms with Crippen molar-refractivity contribution >= 4 is 11.9 Å². The topological polar surface area (TPSA) is 52.0 Å². The molecule has 0 aliphatic carbocycles. The van der Waals surface area contributed by atoms with E-state index in [4.69, 9.17) is 4.98 Å². The minimum atomic E-state index is 0.840. The van der Waals surface area contributed by atoms with Crippen LogP contribution in [-0.4, -0.2) is 23.0 Å². The second-order valence-electron chi connectivity index (χ2n) is 7.62. The van der Waals surface area contributed by atoms with Crippen LogP contribution in [0.1, 0.15) is 47.2 Å². The molecule has 0 bridgehead atoms. The molecule has 2 aliphatic rings. The molecule has 2 aromatic rings. The summed E-state index contributed by atoms with van der Waals surface area (Å²) < 4.78 is 0. The first kappa shape index (κ1) is 18.5. The standard InChI is InChI=1S/C24H26N4/c1-18-9-10-20-11-12-22(27-24(20)26-18)8-3-2-4-14-28-15-13-19-6-5-7-21(16-25)23(19)17-28/h5-7,9-12H,1-4,8,13-15,17H2,(H,26,27). The van der Waals surface area contributed by atoms with Crippen molar-refractivity contribution in [2.75, 3.05) is 18.4 Å². The summed E-state index contributed by atoms with van der Waals surface area (Å²) in [7, 11) is 0. The lowest BCUT2D eigenvalue weighted by atomic mass is 9.95. The van der Waals surface area contributed by atoms with E-state index in [-0.39, 0.29) is 0 Å². The molecule has 1 N–H and O–H groups in total. The smallest absolute Gasteiger partial charge is 0.137 e. The van der Waals surface area contributed by atoms with Gasteiger partial charge < -0.3 is 5.32 Å². The van der Waals surface area contributed by atoms with Crippen LogP contribution < -0.4 is 5.32 Å². The van der Waals surface area contributed by atoms with E-state index in [1.807, 2.05) is 18.2 Å². The number of benzene rings is 1. The van der Waals surface area contributed by atoms with Gasteiger partial charge >= 0.3 is 0 Å². The number of allylic oxidation sites excluding steroid dienone is 1. The minimum absolute atomic E-state index is 0.840. The molecule has 0 saturated heterocycles. The van der Waals surface area contributed by atoms with E-state index in [1.54, 1.807) is 0 Å². The number of nitriles is 1. The maximum atomic E-state index is 9.34. The third-order valence-electron chi connectivity index (χ3n) is 5.61. The van der Waals surface area contributed by atoms with Crippen LogP contribution in [-0.2, 0) is 19.4 Å². The van der Waals surface area contributed by atoms with Gasteiger partial charge in [-0.1, -0.05) is 25.1 Å². The molecule has 142 valence electrons. The summed E-state index contributed by atoms with van der Waals surface area (Å²) >= 11 is 0. The Morgan fingerprint density at radius 2 is 2.07 bits per heavy atom. The van der Waals surface area contributed by atoms with Gasteiger partial charge in [-0.2, -0.15) is 5.26 Å². The number of rotatable bonds is 6. The van der Waals surface area contributed by atoms with Gasteiger partial charge in [0.1, 0.15) is 5.82 Å². The summed E-state index contributed by atoms with van der Waals surface area (Å²) in [6.07, 6.45) is 9.62. The third-order valence-corrected chi connectivity index (χ3v) is 5.61. The zero-order chi connectivity index (χ0) is 19.3. The van der Waals surface area contributed by atoms with Crippen molar-refractivity contribution < 1.29 is 0 Å². The molecule has 0 atom stereocenters. The van der Waals surface area contributed by atoms with Crippen LogP contribution in [0.4, 0.5) is 5.82 Å². The second-order valence-corrected chi connectivity index (χ2v) is 7.62. The predicted octanol–water partition coefficient (Wildman–Crippen LogP) is 4.68. The Labute approximate surface area is 167 Å². The van der Waals surface area contributed by atoms with Crippen molar-refractivity contribution in [1.82, 2.24) is 9.88 Å². The van der Waals surface area contributed by atoms with Crippen molar-refractivity contribution in [3.63, 3.8) is 0 Å². The highest BCUT2D eigenvalue weighted by Gasteiger charge is 2.18. The molecule has 4 rings (SSSR count). The van der Waals surface area contributed by atoms with Gasteiger partial charge in [0, 0.05) is 30.0 Å². The second kappa shape index (κ2) is 8.41. The molecule has 1 aromatic carbocycles. The van der Waals surface area contributed by atoms with Gasteiger partial charge in [-0.3, -0.25) is 4.90 Å². The van der Waals surface area contributed by atoms with Crippen LogP contribution in [0.25, 0.3) is 6.08 Å². The molecule has 2 aliphatic heterocycles. The number of fused-ring (bicyclic) bond motifs is 2. The number of hydrogen-bond acceptors (Lipinski definition) is 4. The van der Waals surface area contributed by atoms with Gasteiger partial charge in [-0.15, -0.1) is 0 Å². The van der Waals surface area contributed by atoms with Crippen LogP contribution in [0.5, 0.6) is 0 Å². The van der Waals surface area contributed by atoms with Gasteiger partial charge in [0.25, 0.3) is 0 Å². The molecule has 0 unspecified atom stereocenters. The molecule has 3 heterocycles. The average Bonchev–Trinajstić information content (AvgIpc) is 2.72. The molecule has 0 fully saturated rings. The summed E-state index contributed by atoms with van der Waals surface area (Å²) in [4.78, 5) is 7.22. The van der Waals surface area contributed by atoms with Crippen molar-refractivity contribution in [3.05, 3.63) is 76.6 Å². The number of anilines is 1. The fraction of sp³-hybridized carbons (Fsp3) is 0.333. The fourth-order valence-corrected chi connectivity index (χ4v) is 4.02. The Hall–Kier alpha value is -2.90. The summed E-state index contributed by atoms with van der Waals surface area (Å²) in [6.45, 7) is 7.04. The third kappa shape index (κ3) is 4.16. The number of aromatic nitrogens is 1. The van der Waals surface area contributed by atoms with Gasteiger partial charge in [0.2, 0.25) is 0 Å². The van der Waals surface area contributed by atoms with E-state index in [0.717, 1.165) is 67.2 Å². The molecule has 0 radical (unpaired) electrons. The first-order valence-electron chi connectivity index (χ1n) is 10.1. The lowest BCUT2D eigenvalue weighted by molar-refractivity contribution is 0.248. The maximum absolute atomic E-state index is 9.34. The number of nitrogens with zero attached hydrogens (tertiary/aromatic N) is 3. The van der Waals surface area contributed by atoms with Gasteiger partial charge in [-0.05, 0) is 73.7 Å². The molecule has 0 saturated carbocycles. The predicted molar refractivity (Wildman–Crippen MR) is 114 cm³/mol. The summed E-state index contributed by atoms with van der Waals surface area (Å²) in [6, 6.07) is 12.7. The lowest BCUT2D eigenvalue weighted by Crippen LogP contribution is -2.31. The minimum Gasteiger partial charge on any atom is -0.340 e. The molecule has 0 spiro atoms. The van der Waals surface area contributed by atoms with E-state index in [9.17, 15) is 5.26 Å². The molecule has 28 heavy (non-hydrogen) atoms. The normalized spacial score (nSPS) is 15.5. The van der Waals surface area contributed by atoms with Gasteiger partial charge in [0.15, 0.2) is 0 Å². The number of nitrogens with one attached hydrogen (secondary N) is 1. The van der Waals surface area contributed by atoms with Crippen molar-refractivity contribution in [2.24, 2.45) is 0 Å². The van der Waals surface area contributed by atoms with Crippen molar-refractivity contribution in [1.29, 1.82) is 5.26 Å². The zero-order valence-corrected chi connectivity index (χ0v) is 16.2. The van der Waals surface area contributed by atoms with Gasteiger partial charge in [-0.25, -0.2) is 4.98 Å². The Kier molecular flexibility index (Phi) is 5.55. The zero-order valence-electron chi connectivity index (χ0n) is 16.2. The van der Waals surface area contributed by atoms with E-state index in [2.05, 4.69) is 47.1 Å². The van der Waals surface area contributed by atoms with Crippen molar-refractivity contribution in [3.8, 4) is 6.07 Å². The Balaban J connectivity index is 1.23. The molecule has 4 nitrogen and oxygen atoms in total. The Morgan fingerprint density at radius 1 is 1.14 bits per heavy atom. The number of pyridine rings is 1. The summed E-state index contributed by atoms with van der Waals surface area (Å²) in [5, 5.41) is 12.6. The van der Waals surface area contributed by atoms with Crippen molar-refractivity contribution in [2.45, 2.75) is 38.6 Å². The van der Waals surface area contributed by atoms with Gasteiger partial charge in [0.05, 0.1) is 11.6 Å². The highest BCUT2D eigenvalue weighted by Crippen LogP contribution is 2.24. The molecular weight excluding hydrogens is 344 g/mol. The molecule has 0 amide bonds. The molecular formula is C24H26N4. The van der Waals surface area contributed by atoms with Crippen LogP contribution in [0.2, 0.25) is 0 Å². The SMILES string of the molecule is C=C1C=Cc2ccc(CCCCCN3CCc4cccc(C#N)c4C3)nc2N1. The van der Waals surface area contributed by atoms with E-state index < -0.39 is 0 Å². The highest BCUT2D eigenvalue weighted by molar-refractivity contribution is 5.71. The molecule has 4 heteroatoms. The van der Waals surface area contributed by atoms with Crippen LogP contribution in [0.3, 0.4) is 0 Å². The quantitative estimate of drug-likeness (QED) is 0.750. The van der Waals surface area contributed by atoms with E-state index >= 15 is 0 Å². The van der Waals surface area contributed by atoms with Crippen LogP contribution >= 0.6 is 0 Å². The summed E-state index contributed by atoms with van der Waals surface area (Å²) in [5.41, 5.74) is 6.57. The average molecular weight is 371 g/mol. The van der Waals surface area contributed by atoms with E-state index in [1.165, 1.54) is 24.0 Å². The maximum Gasteiger partial charge on any atom is 0.137 e.